The topological polar surface area (TPSA) is 29.5 Å². The molecule has 2 unspecified atom stereocenters. The van der Waals surface area contributed by atoms with Crippen LogP contribution in [0.5, 0.6) is 0 Å². The number of allylic oxidation sites excluding steroid dienone is 1. The number of hydrogen-bond acceptors (Lipinski definition) is 3. The Morgan fingerprint density at radius 3 is 2.45 bits per heavy atom. The Balaban J connectivity index is 1.38. The zero-order valence-electron chi connectivity index (χ0n) is 22.0. The fourth-order valence-corrected chi connectivity index (χ4v) is 10.4. The monoisotopic (exact) mass is 486 g/mol. The van der Waals surface area contributed by atoms with Crippen molar-refractivity contribution in [2.24, 2.45) is 28.6 Å². The van der Waals surface area contributed by atoms with E-state index >= 15 is 0 Å². The molecule has 0 bridgehead atoms. The molecule has 0 amide bonds. The summed E-state index contributed by atoms with van der Waals surface area (Å²) in [6, 6.07) is 2.17. The van der Waals surface area contributed by atoms with Crippen LogP contribution >= 0.6 is 11.3 Å². The zero-order valence-corrected chi connectivity index (χ0v) is 23.9. The lowest BCUT2D eigenvalue weighted by molar-refractivity contribution is -0.129. The molecule has 0 spiro atoms. The van der Waals surface area contributed by atoms with Crippen LogP contribution in [0.2, 0.25) is 18.1 Å². The predicted octanol–water partition coefficient (Wildman–Crippen LogP) is 8.29. The summed E-state index contributed by atoms with van der Waals surface area (Å²) in [5, 5.41) is 16.6. The van der Waals surface area contributed by atoms with Crippen molar-refractivity contribution in [2.75, 3.05) is 0 Å². The third kappa shape index (κ3) is 3.52. The summed E-state index contributed by atoms with van der Waals surface area (Å²) in [6.07, 6.45) is 12.4. The van der Waals surface area contributed by atoms with Gasteiger partial charge in [-0.15, -0.1) is 0 Å². The van der Waals surface area contributed by atoms with E-state index in [2.05, 4.69) is 70.6 Å². The molecule has 4 heteroatoms. The van der Waals surface area contributed by atoms with Gasteiger partial charge in [-0.05, 0) is 115 Å². The summed E-state index contributed by atoms with van der Waals surface area (Å²) in [6.45, 7) is 16.9. The highest BCUT2D eigenvalue weighted by atomic mass is 32.1. The minimum atomic E-state index is -1.73. The second-order valence-electron chi connectivity index (χ2n) is 13.9. The minimum absolute atomic E-state index is 0.0135. The SMILES string of the molecule is CC(C)(C)[Si](C)(C)OC1CC[C@@]2(C)C(=CC[C@@H]3[C@@H]2CC[C@@]2(C)[C@H]3CCC2(O)c2ccsc2)C1. The third-order valence-electron chi connectivity index (χ3n) is 11.5. The molecule has 4 aliphatic carbocycles. The van der Waals surface area contributed by atoms with Gasteiger partial charge in [0.25, 0.3) is 0 Å². The summed E-state index contributed by atoms with van der Waals surface area (Å²) >= 11 is 1.73. The molecule has 0 saturated heterocycles. The lowest BCUT2D eigenvalue weighted by Crippen LogP contribution is -2.54. The number of rotatable bonds is 3. The van der Waals surface area contributed by atoms with Crippen LogP contribution in [-0.4, -0.2) is 19.5 Å². The van der Waals surface area contributed by atoms with Gasteiger partial charge in [-0.2, -0.15) is 11.3 Å². The molecule has 1 aromatic heterocycles. The van der Waals surface area contributed by atoms with Crippen LogP contribution in [0, 0.1) is 28.6 Å². The highest BCUT2D eigenvalue weighted by Gasteiger charge is 2.64. The molecule has 7 atom stereocenters. The van der Waals surface area contributed by atoms with Gasteiger partial charge in [0.15, 0.2) is 8.32 Å². The van der Waals surface area contributed by atoms with Crippen molar-refractivity contribution in [3.8, 4) is 0 Å². The van der Waals surface area contributed by atoms with Gasteiger partial charge < -0.3 is 9.53 Å². The van der Waals surface area contributed by atoms with Crippen LogP contribution in [0.1, 0.15) is 91.5 Å². The van der Waals surface area contributed by atoms with E-state index in [0.717, 1.165) is 31.1 Å². The molecule has 33 heavy (non-hydrogen) atoms. The fourth-order valence-electron chi connectivity index (χ4n) is 8.31. The van der Waals surface area contributed by atoms with E-state index < -0.39 is 13.9 Å². The van der Waals surface area contributed by atoms with Gasteiger partial charge in [-0.3, -0.25) is 0 Å². The van der Waals surface area contributed by atoms with Crippen LogP contribution in [0.25, 0.3) is 0 Å². The van der Waals surface area contributed by atoms with Gasteiger partial charge in [-0.1, -0.05) is 46.3 Å². The van der Waals surface area contributed by atoms with E-state index in [9.17, 15) is 5.11 Å². The van der Waals surface area contributed by atoms with Crippen LogP contribution < -0.4 is 0 Å². The maximum absolute atomic E-state index is 12.0. The van der Waals surface area contributed by atoms with E-state index in [-0.39, 0.29) is 10.5 Å². The standard InChI is InChI=1S/C29H46O2SSi/c1-26(2,3)33(6,7)31-22-10-14-27(4)20(18-22)8-9-23-24(27)11-15-28(5)25(23)12-16-29(28,30)21-13-17-32-19-21/h8,13,17,19,22-25,30H,9-12,14-16,18H2,1-7H3/t22?,23-,24+,25+,27+,28+,29?/m1/s1. The van der Waals surface area contributed by atoms with Crippen LogP contribution in [0.4, 0.5) is 0 Å². The Kier molecular flexibility index (Phi) is 5.73. The average Bonchev–Trinajstić information content (AvgIpc) is 3.35. The largest absolute Gasteiger partial charge is 0.414 e. The Bertz CT molecular complexity index is 915. The highest BCUT2D eigenvalue weighted by molar-refractivity contribution is 7.08. The summed E-state index contributed by atoms with van der Waals surface area (Å²) in [5.41, 5.74) is 2.59. The second kappa shape index (κ2) is 7.79. The highest BCUT2D eigenvalue weighted by Crippen LogP contribution is 2.69. The molecule has 3 fully saturated rings. The summed E-state index contributed by atoms with van der Waals surface area (Å²) in [7, 11) is -1.73. The molecule has 5 rings (SSSR count). The van der Waals surface area contributed by atoms with Gasteiger partial charge in [0.05, 0.1) is 5.60 Å². The van der Waals surface area contributed by atoms with Gasteiger partial charge >= 0.3 is 0 Å². The Morgan fingerprint density at radius 1 is 1.06 bits per heavy atom. The van der Waals surface area contributed by atoms with Crippen molar-refractivity contribution in [2.45, 2.75) is 116 Å². The minimum Gasteiger partial charge on any atom is -0.414 e. The maximum atomic E-state index is 12.0. The zero-order chi connectivity index (χ0) is 23.9. The van der Waals surface area contributed by atoms with Crippen molar-refractivity contribution in [1.82, 2.24) is 0 Å². The van der Waals surface area contributed by atoms with Gasteiger partial charge in [0, 0.05) is 11.5 Å². The van der Waals surface area contributed by atoms with E-state index in [1.807, 2.05) is 0 Å². The Hall–Kier alpha value is -0.423. The summed E-state index contributed by atoms with van der Waals surface area (Å²) < 4.78 is 6.89. The van der Waals surface area contributed by atoms with E-state index in [4.69, 9.17) is 4.43 Å². The molecule has 4 aliphatic rings. The van der Waals surface area contributed by atoms with Crippen LogP contribution in [0.15, 0.2) is 28.5 Å². The fraction of sp³-hybridized carbons (Fsp3) is 0.793. The average molecular weight is 487 g/mol. The molecule has 1 heterocycles. The molecule has 1 aromatic rings. The van der Waals surface area contributed by atoms with Crippen LogP contribution in [0.3, 0.4) is 0 Å². The van der Waals surface area contributed by atoms with E-state index in [1.54, 1.807) is 16.9 Å². The quantitative estimate of drug-likeness (QED) is 0.344. The molecular formula is C29H46O2SSi. The predicted molar refractivity (Wildman–Crippen MR) is 142 cm³/mol. The first kappa shape index (κ1) is 24.3. The number of aliphatic hydroxyl groups is 1. The molecule has 3 saturated carbocycles. The molecule has 1 N–H and O–H groups in total. The van der Waals surface area contributed by atoms with Crippen molar-refractivity contribution >= 4 is 19.7 Å². The lowest BCUT2D eigenvalue weighted by Gasteiger charge is -2.59. The van der Waals surface area contributed by atoms with Gasteiger partial charge in [-0.25, -0.2) is 0 Å². The first-order valence-corrected chi connectivity index (χ1v) is 17.3. The molecule has 184 valence electrons. The van der Waals surface area contributed by atoms with E-state index in [1.165, 1.54) is 37.7 Å². The third-order valence-corrected chi connectivity index (χ3v) is 16.7. The van der Waals surface area contributed by atoms with Gasteiger partial charge in [0.1, 0.15) is 0 Å². The molecule has 0 aromatic carbocycles. The number of fused-ring (bicyclic) bond motifs is 5. The second-order valence-corrected chi connectivity index (χ2v) is 19.4. The molecular weight excluding hydrogens is 440 g/mol. The lowest BCUT2D eigenvalue weighted by atomic mass is 9.46. The van der Waals surface area contributed by atoms with Crippen molar-refractivity contribution < 1.29 is 9.53 Å². The maximum Gasteiger partial charge on any atom is 0.192 e. The normalized spacial score (nSPS) is 43.5. The first-order valence-electron chi connectivity index (χ1n) is 13.4. The number of hydrogen-bond donors (Lipinski definition) is 1. The number of thiophene rings is 1. The van der Waals surface area contributed by atoms with Crippen molar-refractivity contribution in [3.05, 3.63) is 34.0 Å². The molecule has 0 aliphatic heterocycles. The smallest absolute Gasteiger partial charge is 0.192 e. The first-order chi connectivity index (χ1) is 15.3. The Labute approximate surface area is 207 Å². The molecule has 2 nitrogen and oxygen atoms in total. The van der Waals surface area contributed by atoms with Crippen molar-refractivity contribution in [1.29, 1.82) is 0 Å². The van der Waals surface area contributed by atoms with Crippen LogP contribution in [-0.2, 0) is 10.0 Å². The Morgan fingerprint density at radius 2 is 1.79 bits per heavy atom. The summed E-state index contributed by atoms with van der Waals surface area (Å²) in [4.78, 5) is 0. The summed E-state index contributed by atoms with van der Waals surface area (Å²) in [5.74, 6) is 2.13. The molecule has 0 radical (unpaired) electrons. The van der Waals surface area contributed by atoms with E-state index in [0.29, 0.717) is 17.4 Å². The van der Waals surface area contributed by atoms with Crippen molar-refractivity contribution in [3.63, 3.8) is 0 Å². The van der Waals surface area contributed by atoms with Gasteiger partial charge in [0.2, 0.25) is 0 Å².